The van der Waals surface area contributed by atoms with Crippen LogP contribution in [0.4, 0.5) is 8.78 Å². The van der Waals surface area contributed by atoms with Crippen molar-refractivity contribution in [3.8, 4) is 17.2 Å². The Balaban J connectivity index is 2.05. The molecule has 0 saturated carbocycles. The van der Waals surface area contributed by atoms with Crippen LogP contribution in [0.2, 0.25) is 0 Å². The second-order valence-electron chi connectivity index (χ2n) is 4.76. The Hall–Kier alpha value is -1.63. The Morgan fingerprint density at radius 3 is 2.60 bits per heavy atom. The molecule has 0 N–H and O–H groups in total. The maximum Gasteiger partial charge on any atom is 0.586 e. The average molecular weight is 345 g/mol. The van der Waals surface area contributed by atoms with Crippen molar-refractivity contribution in [1.29, 1.82) is 0 Å². The quantitative estimate of drug-likeness (QED) is 0.823. The third-order valence-electron chi connectivity index (χ3n) is 2.93. The number of rotatable bonds is 2. The van der Waals surface area contributed by atoms with Gasteiger partial charge >= 0.3 is 6.29 Å². The van der Waals surface area contributed by atoms with E-state index in [2.05, 4.69) is 30.5 Å². The standard InChI is InChI=1S/C13H11BrF2N2O2/c1-7(2)9-6-12(14)17-18(9)8-3-4-10-11(5-8)20-13(15,16)19-10/h3-7H,1-2H3. The van der Waals surface area contributed by atoms with Gasteiger partial charge in [-0.1, -0.05) is 13.8 Å². The molecular weight excluding hydrogens is 334 g/mol. The van der Waals surface area contributed by atoms with E-state index in [4.69, 9.17) is 0 Å². The number of halogens is 3. The van der Waals surface area contributed by atoms with E-state index in [1.807, 2.05) is 19.9 Å². The Bertz CT molecular complexity index is 670. The molecule has 1 aliphatic rings. The van der Waals surface area contributed by atoms with Gasteiger partial charge in [0.25, 0.3) is 0 Å². The number of hydrogen-bond donors (Lipinski definition) is 0. The zero-order valence-electron chi connectivity index (χ0n) is 10.7. The first-order valence-corrected chi connectivity index (χ1v) is 6.81. The number of alkyl halides is 2. The molecule has 0 radical (unpaired) electrons. The zero-order valence-corrected chi connectivity index (χ0v) is 12.3. The van der Waals surface area contributed by atoms with Gasteiger partial charge in [0, 0.05) is 11.8 Å². The molecule has 0 bridgehead atoms. The summed E-state index contributed by atoms with van der Waals surface area (Å²) in [5, 5.41) is 4.31. The molecule has 0 spiro atoms. The van der Waals surface area contributed by atoms with Crippen LogP contribution in [0.15, 0.2) is 28.9 Å². The fourth-order valence-corrected chi connectivity index (χ4v) is 2.45. The van der Waals surface area contributed by atoms with Crippen LogP contribution in [-0.4, -0.2) is 16.1 Å². The summed E-state index contributed by atoms with van der Waals surface area (Å²) in [6.45, 7) is 4.06. The lowest BCUT2D eigenvalue weighted by Gasteiger charge is -2.10. The molecule has 3 rings (SSSR count). The van der Waals surface area contributed by atoms with Gasteiger partial charge in [-0.2, -0.15) is 5.10 Å². The van der Waals surface area contributed by atoms with E-state index in [1.54, 1.807) is 10.7 Å². The fourth-order valence-electron chi connectivity index (χ4n) is 2.05. The molecule has 2 aromatic rings. The second kappa shape index (κ2) is 4.44. The summed E-state index contributed by atoms with van der Waals surface area (Å²) in [7, 11) is 0. The zero-order chi connectivity index (χ0) is 14.5. The van der Waals surface area contributed by atoms with Crippen LogP contribution in [0.25, 0.3) is 5.69 Å². The van der Waals surface area contributed by atoms with E-state index in [1.165, 1.54) is 12.1 Å². The SMILES string of the molecule is CC(C)c1cc(Br)nn1-c1ccc2c(c1)OC(F)(F)O2. The Morgan fingerprint density at radius 2 is 1.90 bits per heavy atom. The van der Waals surface area contributed by atoms with Gasteiger partial charge < -0.3 is 9.47 Å². The van der Waals surface area contributed by atoms with E-state index in [0.717, 1.165) is 5.69 Å². The van der Waals surface area contributed by atoms with Crippen molar-refractivity contribution < 1.29 is 18.3 Å². The predicted octanol–water partition coefficient (Wildman–Crippen LogP) is 4.08. The van der Waals surface area contributed by atoms with Gasteiger partial charge in [-0.15, -0.1) is 8.78 Å². The number of aromatic nitrogens is 2. The second-order valence-corrected chi connectivity index (χ2v) is 5.57. The molecular formula is C13H11BrF2N2O2. The molecule has 0 amide bonds. The smallest absolute Gasteiger partial charge is 0.395 e. The van der Waals surface area contributed by atoms with Gasteiger partial charge in [-0.25, -0.2) is 4.68 Å². The van der Waals surface area contributed by atoms with Crippen LogP contribution in [0, 0.1) is 0 Å². The van der Waals surface area contributed by atoms with Gasteiger partial charge in [-0.05, 0) is 40.0 Å². The third kappa shape index (κ3) is 2.26. The van der Waals surface area contributed by atoms with Crippen molar-refractivity contribution in [2.45, 2.75) is 26.1 Å². The highest BCUT2D eigenvalue weighted by atomic mass is 79.9. The van der Waals surface area contributed by atoms with Gasteiger partial charge in [0.15, 0.2) is 11.5 Å². The minimum atomic E-state index is -3.60. The lowest BCUT2D eigenvalue weighted by atomic mass is 10.1. The van der Waals surface area contributed by atoms with Crippen LogP contribution in [-0.2, 0) is 0 Å². The number of nitrogens with zero attached hydrogens (tertiary/aromatic N) is 2. The normalized spacial score (nSPS) is 15.9. The highest BCUT2D eigenvalue weighted by Crippen LogP contribution is 2.42. The molecule has 4 nitrogen and oxygen atoms in total. The molecule has 1 aliphatic heterocycles. The highest BCUT2D eigenvalue weighted by Gasteiger charge is 2.43. The van der Waals surface area contributed by atoms with Crippen LogP contribution in [0.1, 0.15) is 25.5 Å². The van der Waals surface area contributed by atoms with Crippen molar-refractivity contribution in [3.05, 3.63) is 34.6 Å². The largest absolute Gasteiger partial charge is 0.586 e. The van der Waals surface area contributed by atoms with E-state index in [-0.39, 0.29) is 17.4 Å². The van der Waals surface area contributed by atoms with Gasteiger partial charge in [-0.3, -0.25) is 0 Å². The number of hydrogen-bond acceptors (Lipinski definition) is 3. The van der Waals surface area contributed by atoms with Crippen LogP contribution >= 0.6 is 15.9 Å². The maximum atomic E-state index is 13.0. The van der Waals surface area contributed by atoms with Crippen molar-refractivity contribution in [2.75, 3.05) is 0 Å². The predicted molar refractivity (Wildman–Crippen MR) is 71.6 cm³/mol. The van der Waals surface area contributed by atoms with E-state index >= 15 is 0 Å². The van der Waals surface area contributed by atoms with E-state index in [9.17, 15) is 8.78 Å². The molecule has 1 aromatic carbocycles. The number of fused-ring (bicyclic) bond motifs is 1. The Labute approximate surface area is 122 Å². The van der Waals surface area contributed by atoms with Crippen molar-refractivity contribution in [3.63, 3.8) is 0 Å². The van der Waals surface area contributed by atoms with E-state index in [0.29, 0.717) is 10.3 Å². The van der Waals surface area contributed by atoms with Crippen LogP contribution in [0.3, 0.4) is 0 Å². The molecule has 0 unspecified atom stereocenters. The van der Waals surface area contributed by atoms with Gasteiger partial charge in [0.05, 0.1) is 5.69 Å². The highest BCUT2D eigenvalue weighted by molar-refractivity contribution is 9.10. The third-order valence-corrected chi connectivity index (χ3v) is 3.32. The molecule has 0 saturated heterocycles. The van der Waals surface area contributed by atoms with Crippen molar-refractivity contribution >= 4 is 15.9 Å². The molecule has 0 aliphatic carbocycles. The minimum Gasteiger partial charge on any atom is -0.395 e. The summed E-state index contributed by atoms with van der Waals surface area (Å²) < 4.78 is 37.2. The number of benzene rings is 1. The number of ether oxygens (including phenoxy) is 2. The van der Waals surface area contributed by atoms with Crippen molar-refractivity contribution in [1.82, 2.24) is 9.78 Å². The average Bonchev–Trinajstić information content (AvgIpc) is 2.86. The summed E-state index contributed by atoms with van der Waals surface area (Å²) >= 11 is 3.32. The first kappa shape index (κ1) is 13.4. The molecule has 106 valence electrons. The van der Waals surface area contributed by atoms with Gasteiger partial charge in [0.2, 0.25) is 0 Å². The topological polar surface area (TPSA) is 36.3 Å². The van der Waals surface area contributed by atoms with Crippen molar-refractivity contribution in [2.24, 2.45) is 0 Å². The molecule has 0 atom stereocenters. The first-order chi connectivity index (χ1) is 9.35. The summed E-state index contributed by atoms with van der Waals surface area (Å²) in [6, 6.07) is 6.49. The maximum absolute atomic E-state index is 13.0. The lowest BCUT2D eigenvalue weighted by Crippen LogP contribution is -2.25. The minimum absolute atomic E-state index is 0.00817. The summed E-state index contributed by atoms with van der Waals surface area (Å²) in [6.07, 6.45) is -3.60. The monoisotopic (exact) mass is 344 g/mol. The molecule has 20 heavy (non-hydrogen) atoms. The molecule has 2 heterocycles. The summed E-state index contributed by atoms with van der Waals surface area (Å²) in [4.78, 5) is 0. The Morgan fingerprint density at radius 1 is 1.20 bits per heavy atom. The lowest BCUT2D eigenvalue weighted by molar-refractivity contribution is -0.286. The first-order valence-electron chi connectivity index (χ1n) is 6.01. The Kier molecular flexibility index (Phi) is 2.97. The summed E-state index contributed by atoms with van der Waals surface area (Å²) in [5.74, 6) is 0.269. The van der Waals surface area contributed by atoms with Gasteiger partial charge in [0.1, 0.15) is 4.60 Å². The fraction of sp³-hybridized carbons (Fsp3) is 0.308. The van der Waals surface area contributed by atoms with Crippen LogP contribution in [0.5, 0.6) is 11.5 Å². The van der Waals surface area contributed by atoms with Crippen LogP contribution < -0.4 is 9.47 Å². The summed E-state index contributed by atoms with van der Waals surface area (Å²) in [5.41, 5.74) is 1.60. The molecule has 1 aromatic heterocycles. The molecule has 0 fully saturated rings. The van der Waals surface area contributed by atoms with E-state index < -0.39 is 6.29 Å². The molecule has 7 heteroatoms.